The summed E-state index contributed by atoms with van der Waals surface area (Å²) >= 11 is 0. The zero-order chi connectivity index (χ0) is 18.2. The van der Waals surface area contributed by atoms with Gasteiger partial charge in [-0.3, -0.25) is 4.79 Å². The highest BCUT2D eigenvalue weighted by atomic mass is 16.5. The van der Waals surface area contributed by atoms with Crippen LogP contribution in [0.2, 0.25) is 0 Å². The number of benzene rings is 2. The smallest absolute Gasteiger partial charge is 0.185 e. The topological polar surface area (TPSA) is 55.8 Å². The number of carbonyl (C=O) groups is 1. The fourth-order valence-corrected chi connectivity index (χ4v) is 2.96. The summed E-state index contributed by atoms with van der Waals surface area (Å²) in [7, 11) is 1.60. The lowest BCUT2D eigenvalue weighted by Gasteiger charge is -2.22. The molecule has 2 aromatic carbocycles. The molecule has 1 N–H and O–H groups in total. The Bertz CT molecular complexity index is 832. The number of hydrogen-bond acceptors (Lipinski definition) is 4. The van der Waals surface area contributed by atoms with Crippen LogP contribution in [-0.4, -0.2) is 23.6 Å². The Kier molecular flexibility index (Phi) is 4.29. The average Bonchev–Trinajstić information content (AvgIpc) is 2.81. The van der Waals surface area contributed by atoms with Crippen molar-refractivity contribution in [2.75, 3.05) is 7.11 Å². The van der Waals surface area contributed by atoms with Gasteiger partial charge in [-0.05, 0) is 56.3 Å². The predicted molar refractivity (Wildman–Crippen MR) is 97.6 cm³/mol. The molecule has 1 aliphatic heterocycles. The first-order chi connectivity index (χ1) is 11.8. The molecule has 0 radical (unpaired) electrons. The van der Waals surface area contributed by atoms with Gasteiger partial charge < -0.3 is 14.6 Å². The molecule has 0 bridgehead atoms. The highest BCUT2D eigenvalue weighted by molar-refractivity contribution is 6.07. The molecule has 0 aromatic heterocycles. The number of ether oxygens (including phenoxy) is 2. The molecule has 4 heteroatoms. The van der Waals surface area contributed by atoms with Crippen LogP contribution in [0.25, 0.3) is 6.08 Å². The summed E-state index contributed by atoms with van der Waals surface area (Å²) < 4.78 is 11.5. The first-order valence-electron chi connectivity index (χ1n) is 8.24. The van der Waals surface area contributed by atoms with E-state index in [1.807, 2.05) is 12.1 Å². The molecule has 25 heavy (non-hydrogen) atoms. The molecule has 0 saturated heterocycles. The van der Waals surface area contributed by atoms with Crippen molar-refractivity contribution in [1.82, 2.24) is 0 Å². The summed E-state index contributed by atoms with van der Waals surface area (Å²) in [5.74, 6) is 1.74. The largest absolute Gasteiger partial charge is 0.508 e. The standard InChI is InChI=1S/C21H22O4/c1-13-17-11-15(19(24-4)12-20(17)25-21(13,2)3)7-10-18(23)14-5-8-16(22)9-6-14/h5-13,22H,1-4H3/b10-7+. The van der Waals surface area contributed by atoms with E-state index in [9.17, 15) is 9.90 Å². The van der Waals surface area contributed by atoms with Gasteiger partial charge in [-0.2, -0.15) is 0 Å². The Morgan fingerprint density at radius 2 is 1.92 bits per heavy atom. The number of rotatable bonds is 4. The van der Waals surface area contributed by atoms with Gasteiger partial charge >= 0.3 is 0 Å². The lowest BCUT2D eigenvalue weighted by molar-refractivity contribution is 0.104. The van der Waals surface area contributed by atoms with Crippen LogP contribution in [0, 0.1) is 0 Å². The number of phenols is 1. The van der Waals surface area contributed by atoms with E-state index < -0.39 is 0 Å². The molecule has 3 rings (SSSR count). The molecule has 0 saturated carbocycles. The molecule has 1 atom stereocenters. The van der Waals surface area contributed by atoms with Crippen molar-refractivity contribution < 1.29 is 19.4 Å². The van der Waals surface area contributed by atoms with Crippen molar-refractivity contribution in [1.29, 1.82) is 0 Å². The Hall–Kier alpha value is -2.75. The van der Waals surface area contributed by atoms with E-state index in [1.54, 1.807) is 25.3 Å². The van der Waals surface area contributed by atoms with E-state index in [2.05, 4.69) is 20.8 Å². The second-order valence-corrected chi connectivity index (χ2v) is 6.80. The molecule has 0 aliphatic carbocycles. The van der Waals surface area contributed by atoms with Crippen molar-refractivity contribution in [2.24, 2.45) is 0 Å². The zero-order valence-electron chi connectivity index (χ0n) is 14.9. The number of phenolic OH excluding ortho intramolecular Hbond substituents is 1. The molecular formula is C21H22O4. The highest BCUT2D eigenvalue weighted by Crippen LogP contribution is 2.46. The van der Waals surface area contributed by atoms with Gasteiger partial charge in [0.1, 0.15) is 22.8 Å². The van der Waals surface area contributed by atoms with Crippen molar-refractivity contribution in [2.45, 2.75) is 32.3 Å². The molecule has 0 amide bonds. The summed E-state index contributed by atoms with van der Waals surface area (Å²) in [4.78, 5) is 12.3. The van der Waals surface area contributed by atoms with Crippen LogP contribution in [0.3, 0.4) is 0 Å². The van der Waals surface area contributed by atoms with Gasteiger partial charge in [0.25, 0.3) is 0 Å². The number of hydrogen-bond donors (Lipinski definition) is 1. The number of allylic oxidation sites excluding steroid dienone is 1. The first kappa shape index (κ1) is 17.1. The number of aromatic hydroxyl groups is 1. The fourth-order valence-electron chi connectivity index (χ4n) is 2.96. The van der Waals surface area contributed by atoms with Crippen LogP contribution < -0.4 is 9.47 Å². The Labute approximate surface area is 147 Å². The minimum absolute atomic E-state index is 0.132. The van der Waals surface area contributed by atoms with Gasteiger partial charge in [-0.25, -0.2) is 0 Å². The Morgan fingerprint density at radius 1 is 1.24 bits per heavy atom. The maximum atomic E-state index is 12.3. The maximum Gasteiger partial charge on any atom is 0.185 e. The third-order valence-corrected chi connectivity index (χ3v) is 4.81. The Balaban J connectivity index is 1.91. The Morgan fingerprint density at radius 3 is 2.56 bits per heavy atom. The molecule has 1 aliphatic rings. The number of ketones is 1. The van der Waals surface area contributed by atoms with Gasteiger partial charge in [0.2, 0.25) is 0 Å². The van der Waals surface area contributed by atoms with Gasteiger partial charge in [0.15, 0.2) is 5.78 Å². The van der Waals surface area contributed by atoms with Crippen molar-refractivity contribution in [3.63, 3.8) is 0 Å². The van der Waals surface area contributed by atoms with Crippen LogP contribution >= 0.6 is 0 Å². The van der Waals surface area contributed by atoms with Gasteiger partial charge in [-0.15, -0.1) is 0 Å². The predicted octanol–water partition coefficient (Wildman–Crippen LogP) is 4.57. The second kappa shape index (κ2) is 6.28. The summed E-state index contributed by atoms with van der Waals surface area (Å²) in [6, 6.07) is 10.1. The van der Waals surface area contributed by atoms with E-state index in [0.717, 1.165) is 16.9 Å². The maximum absolute atomic E-state index is 12.3. The number of carbonyl (C=O) groups excluding carboxylic acids is 1. The second-order valence-electron chi connectivity index (χ2n) is 6.80. The molecule has 0 fully saturated rings. The molecule has 1 unspecified atom stereocenters. The minimum Gasteiger partial charge on any atom is -0.508 e. The van der Waals surface area contributed by atoms with Crippen LogP contribution in [-0.2, 0) is 0 Å². The van der Waals surface area contributed by atoms with E-state index in [-0.39, 0.29) is 23.1 Å². The molecule has 1 heterocycles. The number of fused-ring (bicyclic) bond motifs is 1. The summed E-state index contributed by atoms with van der Waals surface area (Å²) in [6.07, 6.45) is 3.27. The fraction of sp³-hybridized carbons (Fsp3) is 0.286. The molecule has 2 aromatic rings. The zero-order valence-corrected chi connectivity index (χ0v) is 14.9. The monoisotopic (exact) mass is 338 g/mol. The van der Waals surface area contributed by atoms with Crippen LogP contribution in [0.15, 0.2) is 42.5 Å². The SMILES string of the molecule is COc1cc2c(cc1/C=C/C(=O)c1ccc(O)cc1)C(C)C(C)(C)O2. The van der Waals surface area contributed by atoms with Crippen molar-refractivity contribution in [3.05, 3.63) is 59.2 Å². The van der Waals surface area contributed by atoms with E-state index in [4.69, 9.17) is 9.47 Å². The summed E-state index contributed by atoms with van der Waals surface area (Å²) in [6.45, 7) is 6.26. The molecule has 4 nitrogen and oxygen atoms in total. The van der Waals surface area contributed by atoms with Crippen molar-refractivity contribution in [3.8, 4) is 17.2 Å². The summed E-state index contributed by atoms with van der Waals surface area (Å²) in [5.41, 5.74) is 2.20. The molecular weight excluding hydrogens is 316 g/mol. The van der Waals surface area contributed by atoms with Gasteiger partial charge in [0, 0.05) is 28.7 Å². The van der Waals surface area contributed by atoms with Crippen LogP contribution in [0.1, 0.15) is 48.2 Å². The number of methoxy groups -OCH3 is 1. The van der Waals surface area contributed by atoms with E-state index in [0.29, 0.717) is 11.3 Å². The third kappa shape index (κ3) is 3.25. The molecule has 130 valence electrons. The lowest BCUT2D eigenvalue weighted by atomic mass is 9.88. The highest BCUT2D eigenvalue weighted by Gasteiger charge is 2.38. The van der Waals surface area contributed by atoms with E-state index >= 15 is 0 Å². The first-order valence-corrected chi connectivity index (χ1v) is 8.24. The van der Waals surface area contributed by atoms with Crippen LogP contribution in [0.5, 0.6) is 17.2 Å². The quantitative estimate of drug-likeness (QED) is 0.655. The third-order valence-electron chi connectivity index (χ3n) is 4.81. The van der Waals surface area contributed by atoms with Crippen molar-refractivity contribution >= 4 is 11.9 Å². The normalized spacial score (nSPS) is 18.0. The lowest BCUT2D eigenvalue weighted by Crippen LogP contribution is -2.28. The minimum atomic E-state index is -0.266. The van der Waals surface area contributed by atoms with Gasteiger partial charge in [-0.1, -0.05) is 6.92 Å². The molecule has 0 spiro atoms. The average molecular weight is 338 g/mol. The van der Waals surface area contributed by atoms with Crippen LogP contribution in [0.4, 0.5) is 0 Å². The summed E-state index contributed by atoms with van der Waals surface area (Å²) in [5, 5.41) is 9.31. The van der Waals surface area contributed by atoms with Gasteiger partial charge in [0.05, 0.1) is 7.11 Å². The van der Waals surface area contributed by atoms with E-state index in [1.165, 1.54) is 18.2 Å².